The van der Waals surface area contributed by atoms with Gasteiger partial charge in [0.05, 0.1) is 15.8 Å². The van der Waals surface area contributed by atoms with Crippen molar-refractivity contribution in [3.05, 3.63) is 50.3 Å². The van der Waals surface area contributed by atoms with Crippen LogP contribution in [0.2, 0.25) is 0 Å². The maximum absolute atomic E-state index is 12.7. The van der Waals surface area contributed by atoms with Crippen molar-refractivity contribution in [2.24, 2.45) is 4.99 Å². The van der Waals surface area contributed by atoms with E-state index in [9.17, 15) is 4.79 Å². The summed E-state index contributed by atoms with van der Waals surface area (Å²) in [5.74, 6) is 2.19. The van der Waals surface area contributed by atoms with Gasteiger partial charge in [-0.1, -0.05) is 23.5 Å². The molecule has 0 radical (unpaired) electrons. The summed E-state index contributed by atoms with van der Waals surface area (Å²) in [6, 6.07) is 11.4. The van der Waals surface area contributed by atoms with Crippen molar-refractivity contribution < 1.29 is 14.3 Å². The molecule has 4 rings (SSSR count). The third-order valence-corrected chi connectivity index (χ3v) is 6.57. The monoisotopic (exact) mass is 498 g/mol. The lowest BCUT2D eigenvalue weighted by molar-refractivity contribution is 0.0997. The van der Waals surface area contributed by atoms with Crippen LogP contribution < -0.4 is 14.3 Å². The number of halogens is 1. The van der Waals surface area contributed by atoms with Crippen LogP contribution >= 0.6 is 45.7 Å². The van der Waals surface area contributed by atoms with E-state index in [4.69, 9.17) is 9.47 Å². The van der Waals surface area contributed by atoms with Gasteiger partial charge in [-0.05, 0) is 41.0 Å². The van der Waals surface area contributed by atoms with Gasteiger partial charge in [0.1, 0.15) is 0 Å². The molecule has 0 saturated carbocycles. The number of aryl methyl sites for hydroxylation is 1. The highest BCUT2D eigenvalue weighted by molar-refractivity contribution is 14.1. The lowest BCUT2D eigenvalue weighted by atomic mass is 10.2. The van der Waals surface area contributed by atoms with Crippen molar-refractivity contribution >= 4 is 61.8 Å². The predicted octanol–water partition coefficient (Wildman–Crippen LogP) is 4.14. The van der Waals surface area contributed by atoms with Crippen molar-refractivity contribution in [3.63, 3.8) is 0 Å². The third-order valence-electron chi connectivity index (χ3n) is 4.00. The first-order valence-corrected chi connectivity index (χ1v) is 11.2. The Morgan fingerprint density at radius 3 is 2.85 bits per heavy atom. The largest absolute Gasteiger partial charge is 0.454 e. The molecule has 0 N–H and O–H groups in total. The Morgan fingerprint density at radius 2 is 2.08 bits per heavy atom. The molecule has 0 atom stereocenters. The molecule has 1 aliphatic rings. The average molecular weight is 498 g/mol. The molecule has 1 aliphatic heterocycles. The molecule has 1 amide bonds. The molecule has 134 valence electrons. The van der Waals surface area contributed by atoms with Gasteiger partial charge in [-0.25, -0.2) is 0 Å². The van der Waals surface area contributed by atoms with Crippen LogP contribution in [0.4, 0.5) is 0 Å². The van der Waals surface area contributed by atoms with Crippen LogP contribution in [-0.4, -0.2) is 29.3 Å². The topological polar surface area (TPSA) is 52.8 Å². The average Bonchev–Trinajstić information content (AvgIpc) is 3.21. The molecule has 2 heterocycles. The van der Waals surface area contributed by atoms with E-state index < -0.39 is 0 Å². The molecule has 8 heteroatoms. The van der Waals surface area contributed by atoms with Crippen LogP contribution in [0.15, 0.2) is 41.4 Å². The van der Waals surface area contributed by atoms with Gasteiger partial charge in [0, 0.05) is 28.0 Å². The fourth-order valence-corrected chi connectivity index (χ4v) is 4.77. The molecule has 0 fully saturated rings. The standard InChI is InChI=1S/C18H15IN2O3S2/c1-25-7-6-21-13-8-14-15(24-10-23-14)9-16(13)26-18(21)20-17(22)11-4-2-3-5-12(11)19/h2-5,8-9H,6-7,10H2,1H3. The number of carbonyl (C=O) groups excluding carboxylic acids is 1. The van der Waals surface area contributed by atoms with Crippen molar-refractivity contribution in [2.75, 3.05) is 18.8 Å². The number of hydrogen-bond donors (Lipinski definition) is 0. The fraction of sp³-hybridized carbons (Fsp3) is 0.222. The van der Waals surface area contributed by atoms with Crippen LogP contribution in [0.25, 0.3) is 10.2 Å². The molecular weight excluding hydrogens is 483 g/mol. The second-order valence-corrected chi connectivity index (χ2v) is 8.76. The molecular formula is C18H15IN2O3S2. The number of aromatic nitrogens is 1. The van der Waals surface area contributed by atoms with E-state index in [0.29, 0.717) is 10.4 Å². The van der Waals surface area contributed by atoms with Gasteiger partial charge in [0.15, 0.2) is 16.3 Å². The van der Waals surface area contributed by atoms with E-state index >= 15 is 0 Å². The first-order valence-electron chi connectivity index (χ1n) is 7.93. The van der Waals surface area contributed by atoms with E-state index in [-0.39, 0.29) is 12.7 Å². The SMILES string of the molecule is CSCCn1c(=NC(=O)c2ccccc2I)sc2cc3c(cc21)OCO3. The summed E-state index contributed by atoms with van der Waals surface area (Å²) in [5.41, 5.74) is 1.64. The molecule has 3 aromatic rings. The summed E-state index contributed by atoms with van der Waals surface area (Å²) >= 11 is 5.42. The summed E-state index contributed by atoms with van der Waals surface area (Å²) in [7, 11) is 0. The zero-order valence-corrected chi connectivity index (χ0v) is 17.7. The minimum atomic E-state index is -0.223. The lowest BCUT2D eigenvalue weighted by Crippen LogP contribution is -2.18. The summed E-state index contributed by atoms with van der Waals surface area (Å²) in [6.45, 7) is 1.03. The number of hydrogen-bond acceptors (Lipinski definition) is 5. The first-order chi connectivity index (χ1) is 12.7. The normalized spacial score (nSPS) is 13.5. The molecule has 5 nitrogen and oxygen atoms in total. The Balaban J connectivity index is 1.85. The molecule has 0 unspecified atom stereocenters. The summed E-state index contributed by atoms with van der Waals surface area (Å²) in [6.07, 6.45) is 2.07. The number of amides is 1. The van der Waals surface area contributed by atoms with E-state index in [1.807, 2.05) is 36.4 Å². The van der Waals surface area contributed by atoms with Crippen LogP contribution in [0.3, 0.4) is 0 Å². The Labute approximate surface area is 172 Å². The molecule has 0 saturated heterocycles. The third kappa shape index (κ3) is 3.37. The van der Waals surface area contributed by atoms with Crippen molar-refractivity contribution in [1.82, 2.24) is 4.57 Å². The minimum absolute atomic E-state index is 0.223. The number of benzene rings is 2. The molecule has 1 aromatic heterocycles. The second-order valence-electron chi connectivity index (χ2n) is 5.60. The van der Waals surface area contributed by atoms with Crippen LogP contribution in [0.5, 0.6) is 11.5 Å². The van der Waals surface area contributed by atoms with E-state index in [1.165, 1.54) is 11.3 Å². The van der Waals surface area contributed by atoms with Gasteiger partial charge in [-0.2, -0.15) is 16.8 Å². The highest BCUT2D eigenvalue weighted by Crippen LogP contribution is 2.37. The quantitative estimate of drug-likeness (QED) is 0.508. The van der Waals surface area contributed by atoms with Crippen LogP contribution in [0.1, 0.15) is 10.4 Å². The number of ether oxygens (including phenoxy) is 2. The van der Waals surface area contributed by atoms with Crippen molar-refractivity contribution in [2.45, 2.75) is 6.54 Å². The molecule has 0 bridgehead atoms. The lowest BCUT2D eigenvalue weighted by Gasteiger charge is -2.05. The van der Waals surface area contributed by atoms with E-state index in [0.717, 1.165) is 37.6 Å². The van der Waals surface area contributed by atoms with Crippen molar-refractivity contribution in [1.29, 1.82) is 0 Å². The first kappa shape index (κ1) is 17.9. The van der Waals surface area contributed by atoms with Crippen LogP contribution in [-0.2, 0) is 6.54 Å². The highest BCUT2D eigenvalue weighted by Gasteiger charge is 2.18. The zero-order chi connectivity index (χ0) is 18.1. The summed E-state index contributed by atoms with van der Waals surface area (Å²) in [5, 5.41) is 0. The summed E-state index contributed by atoms with van der Waals surface area (Å²) < 4.78 is 15.0. The number of thiazole rings is 1. The number of nitrogens with zero attached hydrogens (tertiary/aromatic N) is 2. The van der Waals surface area contributed by atoms with Crippen LogP contribution in [0, 0.1) is 3.57 Å². The number of carbonyl (C=O) groups is 1. The van der Waals surface area contributed by atoms with Gasteiger partial charge in [-0.15, -0.1) is 0 Å². The van der Waals surface area contributed by atoms with Gasteiger partial charge >= 0.3 is 0 Å². The van der Waals surface area contributed by atoms with Gasteiger partial charge < -0.3 is 14.0 Å². The minimum Gasteiger partial charge on any atom is -0.454 e. The molecule has 0 spiro atoms. The Hall–Kier alpha value is -1.52. The maximum Gasteiger partial charge on any atom is 0.280 e. The predicted molar refractivity (Wildman–Crippen MR) is 113 cm³/mol. The number of fused-ring (bicyclic) bond motifs is 2. The zero-order valence-electron chi connectivity index (χ0n) is 13.9. The summed E-state index contributed by atoms with van der Waals surface area (Å²) in [4.78, 5) is 17.8. The Bertz CT molecular complexity index is 1060. The van der Waals surface area contributed by atoms with Gasteiger partial charge in [0.2, 0.25) is 6.79 Å². The molecule has 26 heavy (non-hydrogen) atoms. The smallest absolute Gasteiger partial charge is 0.280 e. The van der Waals surface area contributed by atoms with E-state index in [2.05, 4.69) is 38.4 Å². The highest BCUT2D eigenvalue weighted by atomic mass is 127. The molecule has 0 aliphatic carbocycles. The van der Waals surface area contributed by atoms with E-state index in [1.54, 1.807) is 11.8 Å². The Morgan fingerprint density at radius 1 is 1.31 bits per heavy atom. The second kappa shape index (κ2) is 7.61. The van der Waals surface area contributed by atoms with Crippen molar-refractivity contribution in [3.8, 4) is 11.5 Å². The number of rotatable bonds is 4. The maximum atomic E-state index is 12.7. The number of thioether (sulfide) groups is 1. The molecule has 2 aromatic carbocycles. The van der Waals surface area contributed by atoms with Gasteiger partial charge in [0.25, 0.3) is 5.91 Å². The Kier molecular flexibility index (Phi) is 5.23. The van der Waals surface area contributed by atoms with Gasteiger partial charge in [-0.3, -0.25) is 4.79 Å². The fourth-order valence-electron chi connectivity index (χ4n) is 2.73.